The van der Waals surface area contributed by atoms with E-state index in [1.165, 1.54) is 11.1 Å². The molecule has 0 aliphatic carbocycles. The number of hydrogen-bond donors (Lipinski definition) is 1. The molecule has 0 bridgehead atoms. The van der Waals surface area contributed by atoms with Crippen LogP contribution in [0, 0.1) is 6.92 Å². The SMILES string of the molecule is Cc1oc(CN)cc1CN(C)Cc1ccncc1. The zero-order valence-electron chi connectivity index (χ0n) is 10.9. The highest BCUT2D eigenvalue weighted by Crippen LogP contribution is 2.16. The van der Waals surface area contributed by atoms with Gasteiger partial charge in [0.2, 0.25) is 0 Å². The molecule has 0 aliphatic rings. The van der Waals surface area contributed by atoms with E-state index in [9.17, 15) is 0 Å². The zero-order valence-corrected chi connectivity index (χ0v) is 10.9. The summed E-state index contributed by atoms with van der Waals surface area (Å²) >= 11 is 0. The molecule has 0 fully saturated rings. The van der Waals surface area contributed by atoms with Crippen LogP contribution >= 0.6 is 0 Å². The highest BCUT2D eigenvalue weighted by Gasteiger charge is 2.09. The third-order valence-corrected chi connectivity index (χ3v) is 2.91. The van der Waals surface area contributed by atoms with Gasteiger partial charge in [0.05, 0.1) is 6.54 Å². The zero-order chi connectivity index (χ0) is 13.0. The largest absolute Gasteiger partial charge is 0.465 e. The molecule has 4 heteroatoms. The average Bonchev–Trinajstić information content (AvgIpc) is 2.71. The fourth-order valence-electron chi connectivity index (χ4n) is 1.99. The van der Waals surface area contributed by atoms with Gasteiger partial charge < -0.3 is 10.2 Å². The first-order valence-corrected chi connectivity index (χ1v) is 6.04. The standard InChI is InChI=1S/C14H19N3O/c1-11-13(7-14(8-15)18-11)10-17(2)9-12-3-5-16-6-4-12/h3-7H,8-10,15H2,1-2H3. The summed E-state index contributed by atoms with van der Waals surface area (Å²) in [5.74, 6) is 1.80. The number of nitrogens with two attached hydrogens (primary N) is 1. The number of nitrogens with zero attached hydrogens (tertiary/aromatic N) is 2. The van der Waals surface area contributed by atoms with Crippen LogP contribution in [0.3, 0.4) is 0 Å². The molecule has 0 unspecified atom stereocenters. The van der Waals surface area contributed by atoms with Crippen LogP contribution in [0.15, 0.2) is 35.0 Å². The van der Waals surface area contributed by atoms with Gasteiger partial charge in [-0.15, -0.1) is 0 Å². The molecule has 2 N–H and O–H groups in total. The van der Waals surface area contributed by atoms with Crippen LogP contribution in [0.5, 0.6) is 0 Å². The van der Waals surface area contributed by atoms with E-state index in [-0.39, 0.29) is 0 Å². The second-order valence-corrected chi connectivity index (χ2v) is 4.53. The highest BCUT2D eigenvalue weighted by atomic mass is 16.3. The van der Waals surface area contributed by atoms with Crippen molar-refractivity contribution in [1.82, 2.24) is 9.88 Å². The van der Waals surface area contributed by atoms with Gasteiger partial charge in [0.15, 0.2) is 0 Å². The second-order valence-electron chi connectivity index (χ2n) is 4.53. The van der Waals surface area contributed by atoms with Crippen molar-refractivity contribution >= 4 is 0 Å². The van der Waals surface area contributed by atoms with Crippen molar-refractivity contribution in [3.8, 4) is 0 Å². The summed E-state index contributed by atoms with van der Waals surface area (Å²) < 4.78 is 5.55. The lowest BCUT2D eigenvalue weighted by Crippen LogP contribution is -2.17. The lowest BCUT2D eigenvalue weighted by atomic mass is 10.2. The fourth-order valence-corrected chi connectivity index (χ4v) is 1.99. The first kappa shape index (κ1) is 12.8. The van der Waals surface area contributed by atoms with Crippen molar-refractivity contribution in [2.24, 2.45) is 5.73 Å². The van der Waals surface area contributed by atoms with Crippen LogP contribution in [0.2, 0.25) is 0 Å². The number of pyridine rings is 1. The van der Waals surface area contributed by atoms with E-state index < -0.39 is 0 Å². The maximum absolute atomic E-state index is 5.57. The summed E-state index contributed by atoms with van der Waals surface area (Å²) in [6, 6.07) is 6.10. The molecule has 0 saturated carbocycles. The quantitative estimate of drug-likeness (QED) is 0.876. The van der Waals surface area contributed by atoms with E-state index >= 15 is 0 Å². The number of furan rings is 1. The van der Waals surface area contributed by atoms with Gasteiger partial charge in [0.25, 0.3) is 0 Å². The lowest BCUT2D eigenvalue weighted by Gasteiger charge is -2.15. The van der Waals surface area contributed by atoms with Crippen LogP contribution in [-0.2, 0) is 19.6 Å². The summed E-state index contributed by atoms with van der Waals surface area (Å²) in [5.41, 5.74) is 8.03. The fraction of sp³-hybridized carbons (Fsp3) is 0.357. The minimum absolute atomic E-state index is 0.453. The molecule has 0 spiro atoms. The van der Waals surface area contributed by atoms with E-state index in [4.69, 9.17) is 10.2 Å². The Morgan fingerprint density at radius 2 is 2.00 bits per heavy atom. The molecule has 2 rings (SSSR count). The third kappa shape index (κ3) is 3.18. The van der Waals surface area contributed by atoms with Crippen molar-refractivity contribution in [3.63, 3.8) is 0 Å². The monoisotopic (exact) mass is 245 g/mol. The summed E-state index contributed by atoms with van der Waals surface area (Å²) in [4.78, 5) is 6.26. The summed E-state index contributed by atoms with van der Waals surface area (Å²) in [5, 5.41) is 0. The molecule has 2 heterocycles. The van der Waals surface area contributed by atoms with Crippen molar-refractivity contribution in [2.75, 3.05) is 7.05 Å². The first-order chi connectivity index (χ1) is 8.69. The van der Waals surface area contributed by atoms with E-state index in [0.717, 1.165) is 24.6 Å². The first-order valence-electron chi connectivity index (χ1n) is 6.04. The maximum Gasteiger partial charge on any atom is 0.118 e. The Morgan fingerprint density at radius 3 is 2.61 bits per heavy atom. The molecule has 0 atom stereocenters. The normalized spacial score (nSPS) is 11.1. The molecular weight excluding hydrogens is 226 g/mol. The van der Waals surface area contributed by atoms with Crippen LogP contribution in [0.4, 0.5) is 0 Å². The number of rotatable bonds is 5. The number of aryl methyl sites for hydroxylation is 1. The van der Waals surface area contributed by atoms with Gasteiger partial charge in [0, 0.05) is 31.0 Å². The molecule has 4 nitrogen and oxygen atoms in total. The molecule has 0 radical (unpaired) electrons. The second kappa shape index (κ2) is 5.80. The lowest BCUT2D eigenvalue weighted by molar-refractivity contribution is 0.316. The van der Waals surface area contributed by atoms with Gasteiger partial charge >= 0.3 is 0 Å². The van der Waals surface area contributed by atoms with Gasteiger partial charge in [-0.3, -0.25) is 9.88 Å². The average molecular weight is 245 g/mol. The Kier molecular flexibility index (Phi) is 4.12. The molecule has 96 valence electrons. The molecule has 2 aromatic rings. The topological polar surface area (TPSA) is 55.3 Å². The number of aromatic nitrogens is 1. The minimum atomic E-state index is 0.453. The molecule has 0 aliphatic heterocycles. The van der Waals surface area contributed by atoms with E-state index in [1.807, 2.05) is 37.5 Å². The Bertz CT molecular complexity index is 493. The van der Waals surface area contributed by atoms with Crippen LogP contribution < -0.4 is 5.73 Å². The summed E-state index contributed by atoms with van der Waals surface area (Å²) in [6.45, 7) is 4.19. The van der Waals surface area contributed by atoms with Gasteiger partial charge in [-0.1, -0.05) is 0 Å². The summed E-state index contributed by atoms with van der Waals surface area (Å²) in [7, 11) is 2.09. The Hall–Kier alpha value is -1.65. The van der Waals surface area contributed by atoms with E-state index in [0.29, 0.717) is 6.54 Å². The van der Waals surface area contributed by atoms with Crippen molar-refractivity contribution in [1.29, 1.82) is 0 Å². The summed E-state index contributed by atoms with van der Waals surface area (Å²) in [6.07, 6.45) is 3.64. The molecule has 0 aromatic carbocycles. The predicted molar refractivity (Wildman–Crippen MR) is 70.7 cm³/mol. The minimum Gasteiger partial charge on any atom is -0.465 e. The van der Waals surface area contributed by atoms with Crippen molar-refractivity contribution in [3.05, 3.63) is 53.2 Å². The smallest absolute Gasteiger partial charge is 0.118 e. The molecule has 18 heavy (non-hydrogen) atoms. The van der Waals surface area contributed by atoms with Crippen LogP contribution in [0.1, 0.15) is 22.6 Å². The van der Waals surface area contributed by atoms with Crippen molar-refractivity contribution < 1.29 is 4.42 Å². The van der Waals surface area contributed by atoms with Gasteiger partial charge in [-0.05, 0) is 37.7 Å². The molecule has 0 saturated heterocycles. The third-order valence-electron chi connectivity index (χ3n) is 2.91. The van der Waals surface area contributed by atoms with Crippen LogP contribution in [-0.4, -0.2) is 16.9 Å². The van der Waals surface area contributed by atoms with Gasteiger partial charge in [-0.2, -0.15) is 0 Å². The van der Waals surface area contributed by atoms with E-state index in [2.05, 4.69) is 16.9 Å². The Morgan fingerprint density at radius 1 is 1.28 bits per heavy atom. The highest BCUT2D eigenvalue weighted by molar-refractivity contribution is 5.21. The van der Waals surface area contributed by atoms with Crippen LogP contribution in [0.25, 0.3) is 0 Å². The van der Waals surface area contributed by atoms with Gasteiger partial charge in [-0.25, -0.2) is 0 Å². The Labute approximate surface area is 107 Å². The van der Waals surface area contributed by atoms with Gasteiger partial charge in [0.1, 0.15) is 11.5 Å². The Balaban J connectivity index is 1.98. The van der Waals surface area contributed by atoms with E-state index in [1.54, 1.807) is 0 Å². The maximum atomic E-state index is 5.57. The molecular formula is C14H19N3O. The molecule has 0 amide bonds. The predicted octanol–water partition coefficient (Wildman–Crippen LogP) is 2.07. The number of hydrogen-bond acceptors (Lipinski definition) is 4. The van der Waals surface area contributed by atoms with Crippen molar-refractivity contribution in [2.45, 2.75) is 26.6 Å². The molecule has 2 aromatic heterocycles.